The summed E-state index contributed by atoms with van der Waals surface area (Å²) in [6, 6.07) is 9.39. The van der Waals surface area contributed by atoms with Crippen molar-refractivity contribution in [2.24, 2.45) is 0 Å². The highest BCUT2D eigenvalue weighted by Crippen LogP contribution is 2.28. The van der Waals surface area contributed by atoms with Crippen LogP contribution in [-0.2, 0) is 16.7 Å². The fourth-order valence-corrected chi connectivity index (χ4v) is 2.49. The molecule has 2 aromatic rings. The Kier molecular flexibility index (Phi) is 4.04. The number of nitrogens with one attached hydrogen (secondary N) is 1. The summed E-state index contributed by atoms with van der Waals surface area (Å²) in [7, 11) is -4.37. The summed E-state index contributed by atoms with van der Waals surface area (Å²) in [6.45, 7) is 0.382. The first-order valence-electron chi connectivity index (χ1n) is 5.37. The molecule has 0 fully saturated rings. The molecule has 19 heavy (non-hydrogen) atoms. The molecule has 0 spiro atoms. The molecule has 0 aliphatic rings. The maximum absolute atomic E-state index is 11.2. The highest BCUT2D eigenvalue weighted by Gasteiger charge is 2.18. The molecule has 0 unspecified atom stereocenters. The molecule has 1 aromatic heterocycles. The Morgan fingerprint density at radius 3 is 2.53 bits per heavy atom. The van der Waals surface area contributed by atoms with E-state index in [0.29, 0.717) is 6.54 Å². The molecule has 7 heteroatoms. The van der Waals surface area contributed by atoms with Crippen LogP contribution in [0.4, 0.5) is 5.69 Å². The molecule has 0 aliphatic heterocycles. The molecule has 100 valence electrons. The fraction of sp³-hybridized carbons (Fsp3) is 0.0833. The third-order valence-electron chi connectivity index (χ3n) is 2.45. The van der Waals surface area contributed by atoms with E-state index in [0.717, 1.165) is 11.8 Å². The Balaban J connectivity index is 2.30. The predicted octanol–water partition coefficient (Wildman–Crippen LogP) is 2.59. The van der Waals surface area contributed by atoms with Crippen molar-refractivity contribution >= 4 is 27.4 Å². The zero-order valence-electron chi connectivity index (χ0n) is 9.75. The van der Waals surface area contributed by atoms with Gasteiger partial charge in [-0.1, -0.05) is 41.9 Å². The number of hydrogen-bond donors (Lipinski definition) is 2. The SMILES string of the molecule is O=S(=O)(O)c1cncc(Cl)c1NCc1ccccc1. The minimum Gasteiger partial charge on any atom is -0.379 e. The van der Waals surface area contributed by atoms with E-state index in [1.165, 1.54) is 6.20 Å². The smallest absolute Gasteiger partial charge is 0.298 e. The first-order chi connectivity index (χ1) is 8.98. The van der Waals surface area contributed by atoms with Crippen LogP contribution in [0.1, 0.15) is 5.56 Å². The van der Waals surface area contributed by atoms with E-state index in [4.69, 9.17) is 16.2 Å². The molecule has 2 rings (SSSR count). The number of anilines is 1. The van der Waals surface area contributed by atoms with E-state index in [-0.39, 0.29) is 15.6 Å². The zero-order chi connectivity index (χ0) is 13.9. The van der Waals surface area contributed by atoms with Crippen molar-refractivity contribution in [3.05, 3.63) is 53.3 Å². The van der Waals surface area contributed by atoms with Crippen molar-refractivity contribution in [1.82, 2.24) is 4.98 Å². The molecule has 1 aromatic carbocycles. The van der Waals surface area contributed by atoms with Crippen LogP contribution in [0.15, 0.2) is 47.6 Å². The van der Waals surface area contributed by atoms with Gasteiger partial charge in [-0.15, -0.1) is 0 Å². The topological polar surface area (TPSA) is 79.3 Å². The van der Waals surface area contributed by atoms with Crippen molar-refractivity contribution in [2.75, 3.05) is 5.32 Å². The Bertz CT molecular complexity index is 675. The average molecular weight is 299 g/mol. The molecule has 5 nitrogen and oxygen atoms in total. The van der Waals surface area contributed by atoms with Crippen molar-refractivity contribution < 1.29 is 13.0 Å². The third kappa shape index (κ3) is 3.44. The van der Waals surface area contributed by atoms with Gasteiger partial charge in [0.1, 0.15) is 4.90 Å². The van der Waals surface area contributed by atoms with Gasteiger partial charge in [-0.25, -0.2) is 0 Å². The number of nitrogens with zero attached hydrogens (tertiary/aromatic N) is 1. The molecule has 0 radical (unpaired) electrons. The average Bonchev–Trinajstić information content (AvgIpc) is 2.37. The van der Waals surface area contributed by atoms with Gasteiger partial charge in [-0.05, 0) is 5.56 Å². The second kappa shape index (κ2) is 5.56. The quantitative estimate of drug-likeness (QED) is 0.848. The first-order valence-corrected chi connectivity index (χ1v) is 7.19. The molecule has 0 saturated heterocycles. The molecule has 0 atom stereocenters. The standard InChI is InChI=1S/C12H11ClN2O3S/c13-10-7-14-8-11(19(16,17)18)12(10)15-6-9-4-2-1-3-5-9/h1-5,7-8H,6H2,(H,14,15)(H,16,17,18). The van der Waals surface area contributed by atoms with Crippen LogP contribution in [0.2, 0.25) is 5.02 Å². The second-order valence-corrected chi connectivity index (χ2v) is 5.61. The molecule has 1 heterocycles. The maximum atomic E-state index is 11.2. The van der Waals surface area contributed by atoms with Crippen molar-refractivity contribution in [2.45, 2.75) is 11.4 Å². The van der Waals surface area contributed by atoms with E-state index >= 15 is 0 Å². The van der Waals surface area contributed by atoms with E-state index in [1.807, 2.05) is 30.3 Å². The van der Waals surface area contributed by atoms with E-state index < -0.39 is 10.1 Å². The summed E-state index contributed by atoms with van der Waals surface area (Å²) < 4.78 is 31.6. The monoisotopic (exact) mass is 298 g/mol. The number of pyridine rings is 1. The fourth-order valence-electron chi connectivity index (χ4n) is 1.57. The van der Waals surface area contributed by atoms with Crippen LogP contribution in [0.25, 0.3) is 0 Å². The van der Waals surface area contributed by atoms with Gasteiger partial charge in [0.15, 0.2) is 0 Å². The third-order valence-corrected chi connectivity index (χ3v) is 3.61. The Hall–Kier alpha value is -1.63. The maximum Gasteiger partial charge on any atom is 0.298 e. The lowest BCUT2D eigenvalue weighted by Crippen LogP contribution is -2.07. The van der Waals surface area contributed by atoms with Gasteiger partial charge in [0.25, 0.3) is 10.1 Å². The molecule has 0 aliphatic carbocycles. The van der Waals surface area contributed by atoms with Crippen LogP contribution in [0, 0.1) is 0 Å². The largest absolute Gasteiger partial charge is 0.379 e. The Morgan fingerprint density at radius 1 is 1.21 bits per heavy atom. The normalized spacial score (nSPS) is 11.3. The van der Waals surface area contributed by atoms with Crippen LogP contribution >= 0.6 is 11.6 Å². The summed E-state index contributed by atoms with van der Waals surface area (Å²) in [5.74, 6) is 0. The zero-order valence-corrected chi connectivity index (χ0v) is 11.3. The van der Waals surface area contributed by atoms with Crippen molar-refractivity contribution in [3.63, 3.8) is 0 Å². The van der Waals surface area contributed by atoms with Gasteiger partial charge in [0.05, 0.1) is 16.9 Å². The molecule has 2 N–H and O–H groups in total. The van der Waals surface area contributed by atoms with E-state index in [2.05, 4.69) is 10.3 Å². The number of hydrogen-bond acceptors (Lipinski definition) is 4. The molecule has 0 saturated carbocycles. The summed E-state index contributed by atoms with van der Waals surface area (Å²) in [5.41, 5.74) is 1.10. The van der Waals surface area contributed by atoms with Crippen LogP contribution in [0.3, 0.4) is 0 Å². The van der Waals surface area contributed by atoms with Crippen LogP contribution in [-0.4, -0.2) is 18.0 Å². The Morgan fingerprint density at radius 2 is 1.89 bits per heavy atom. The number of benzene rings is 1. The highest BCUT2D eigenvalue weighted by atomic mass is 35.5. The van der Waals surface area contributed by atoms with E-state index in [1.54, 1.807) is 0 Å². The molecule has 0 amide bonds. The number of aromatic nitrogens is 1. The van der Waals surface area contributed by atoms with Gasteiger partial charge < -0.3 is 5.32 Å². The first kappa shape index (κ1) is 13.8. The lowest BCUT2D eigenvalue weighted by atomic mass is 10.2. The molecular weight excluding hydrogens is 288 g/mol. The van der Waals surface area contributed by atoms with Gasteiger partial charge in [-0.2, -0.15) is 8.42 Å². The summed E-state index contributed by atoms with van der Waals surface area (Å²) in [5, 5.41) is 3.02. The van der Waals surface area contributed by atoms with Gasteiger partial charge >= 0.3 is 0 Å². The molecule has 0 bridgehead atoms. The van der Waals surface area contributed by atoms with Gasteiger partial charge in [-0.3, -0.25) is 9.54 Å². The lowest BCUT2D eigenvalue weighted by molar-refractivity contribution is 0.483. The summed E-state index contributed by atoms with van der Waals surface area (Å²) >= 11 is 5.90. The lowest BCUT2D eigenvalue weighted by Gasteiger charge is -2.11. The van der Waals surface area contributed by atoms with E-state index in [9.17, 15) is 8.42 Å². The predicted molar refractivity (Wildman–Crippen MR) is 72.8 cm³/mol. The van der Waals surface area contributed by atoms with Gasteiger partial charge in [0, 0.05) is 12.7 Å². The van der Waals surface area contributed by atoms with Crippen molar-refractivity contribution in [3.8, 4) is 0 Å². The minimum absolute atomic E-state index is 0.131. The van der Waals surface area contributed by atoms with Crippen LogP contribution in [0.5, 0.6) is 0 Å². The van der Waals surface area contributed by atoms with Crippen LogP contribution < -0.4 is 5.32 Å². The molecular formula is C12H11ClN2O3S. The summed E-state index contributed by atoms with van der Waals surface area (Å²) in [4.78, 5) is 3.32. The second-order valence-electron chi connectivity index (χ2n) is 3.81. The summed E-state index contributed by atoms with van der Waals surface area (Å²) in [6.07, 6.45) is 2.36. The number of halogens is 1. The van der Waals surface area contributed by atoms with Crippen molar-refractivity contribution in [1.29, 1.82) is 0 Å². The number of rotatable bonds is 4. The minimum atomic E-state index is -4.37. The van der Waals surface area contributed by atoms with Gasteiger partial charge in [0.2, 0.25) is 0 Å². The Labute approximate surface area is 116 Å². The highest BCUT2D eigenvalue weighted by molar-refractivity contribution is 7.86.